The summed E-state index contributed by atoms with van der Waals surface area (Å²) in [6.07, 6.45) is 1.50. The van der Waals surface area contributed by atoms with Crippen molar-refractivity contribution >= 4 is 6.21 Å². The van der Waals surface area contributed by atoms with Gasteiger partial charge in [0.25, 0.3) is 0 Å². The molecule has 1 rings (SSSR count). The fourth-order valence-corrected chi connectivity index (χ4v) is 0.655. The molecule has 56 valence electrons. The van der Waals surface area contributed by atoms with Crippen molar-refractivity contribution in [3.8, 4) is 0 Å². The summed E-state index contributed by atoms with van der Waals surface area (Å²) in [6.45, 7) is 0. The van der Waals surface area contributed by atoms with Crippen LogP contribution in [0.15, 0.2) is 45.9 Å². The fourth-order valence-electron chi connectivity index (χ4n) is 0.655. The van der Waals surface area contributed by atoms with Gasteiger partial charge in [-0.05, 0) is 10.8 Å². The summed E-state index contributed by atoms with van der Waals surface area (Å²) in [6, 6.07) is 9.42. The smallest absolute Gasteiger partial charge is 0.0587 e. The van der Waals surface area contributed by atoms with E-state index in [1.54, 1.807) is 0 Å². The van der Waals surface area contributed by atoms with Gasteiger partial charge in [0.1, 0.15) is 0 Å². The van der Waals surface area contributed by atoms with Crippen LogP contribution in [0.1, 0.15) is 5.56 Å². The first kappa shape index (κ1) is 7.40. The molecule has 1 N–H and O–H groups in total. The maximum atomic E-state index is 7.89. The van der Waals surface area contributed by atoms with Gasteiger partial charge in [-0.25, -0.2) is 0 Å². The summed E-state index contributed by atoms with van der Waals surface area (Å²) in [7, 11) is 0. The number of hydrogen-bond donors (Lipinski definition) is 1. The van der Waals surface area contributed by atoms with Crippen LogP contribution in [-0.2, 0) is 0 Å². The van der Waals surface area contributed by atoms with Crippen LogP contribution in [-0.4, -0.2) is 11.4 Å². The maximum absolute atomic E-state index is 7.89. The van der Waals surface area contributed by atoms with Crippen molar-refractivity contribution in [2.75, 3.05) is 0 Å². The molecule has 0 amide bonds. The first-order chi connectivity index (χ1) is 5.43. The molecular formula is C7H7N3O. The van der Waals surface area contributed by atoms with Crippen molar-refractivity contribution in [2.24, 2.45) is 15.6 Å². The standard InChI is InChI=1S/C7H7N3O/c11-10-9-8-6-7-4-2-1-3-5-7/h1-6H,(H,9,11)/b8-6+. The Hall–Kier alpha value is -1.71. The summed E-state index contributed by atoms with van der Waals surface area (Å²) >= 11 is 0. The van der Waals surface area contributed by atoms with E-state index in [9.17, 15) is 0 Å². The first-order valence-corrected chi connectivity index (χ1v) is 3.06. The zero-order valence-corrected chi connectivity index (χ0v) is 5.75. The molecule has 0 aliphatic carbocycles. The van der Waals surface area contributed by atoms with Gasteiger partial charge in [0.05, 0.1) is 6.21 Å². The average Bonchev–Trinajstić information content (AvgIpc) is 2.07. The summed E-state index contributed by atoms with van der Waals surface area (Å²) in [5, 5.41) is 16.8. The van der Waals surface area contributed by atoms with Gasteiger partial charge in [-0.3, -0.25) is 0 Å². The molecule has 11 heavy (non-hydrogen) atoms. The van der Waals surface area contributed by atoms with Gasteiger partial charge in [0.2, 0.25) is 0 Å². The quantitative estimate of drug-likeness (QED) is 0.389. The van der Waals surface area contributed by atoms with Crippen LogP contribution >= 0.6 is 0 Å². The summed E-state index contributed by atoms with van der Waals surface area (Å²) in [4.78, 5) is 0. The van der Waals surface area contributed by atoms with Crippen LogP contribution < -0.4 is 0 Å². The molecule has 0 atom stereocenters. The van der Waals surface area contributed by atoms with Crippen molar-refractivity contribution < 1.29 is 5.21 Å². The van der Waals surface area contributed by atoms with Gasteiger partial charge in [0.15, 0.2) is 0 Å². The van der Waals surface area contributed by atoms with Gasteiger partial charge in [0, 0.05) is 5.28 Å². The molecule has 4 heteroatoms. The van der Waals surface area contributed by atoms with E-state index in [0.29, 0.717) is 0 Å². The molecule has 0 radical (unpaired) electrons. The van der Waals surface area contributed by atoms with E-state index in [2.05, 4.69) is 15.6 Å². The second kappa shape index (κ2) is 4.16. The summed E-state index contributed by atoms with van der Waals surface area (Å²) in [5.41, 5.74) is 0.917. The Morgan fingerprint density at radius 1 is 1.18 bits per heavy atom. The van der Waals surface area contributed by atoms with Crippen molar-refractivity contribution in [1.82, 2.24) is 0 Å². The second-order valence-corrected chi connectivity index (χ2v) is 1.83. The van der Waals surface area contributed by atoms with E-state index < -0.39 is 0 Å². The molecule has 0 bridgehead atoms. The van der Waals surface area contributed by atoms with E-state index in [4.69, 9.17) is 5.21 Å². The van der Waals surface area contributed by atoms with Crippen LogP contribution in [0.3, 0.4) is 0 Å². The molecule has 0 saturated heterocycles. The van der Waals surface area contributed by atoms with Gasteiger partial charge in [-0.15, -0.1) is 5.10 Å². The summed E-state index contributed by atoms with van der Waals surface area (Å²) < 4.78 is 0. The third-order valence-electron chi connectivity index (χ3n) is 1.10. The van der Waals surface area contributed by atoms with Crippen molar-refractivity contribution in [2.45, 2.75) is 0 Å². The van der Waals surface area contributed by atoms with E-state index in [1.807, 2.05) is 30.3 Å². The third kappa shape index (κ3) is 2.57. The zero-order valence-electron chi connectivity index (χ0n) is 5.75. The normalized spacial score (nSPS) is 11.3. The Balaban J connectivity index is 2.64. The molecule has 4 nitrogen and oxygen atoms in total. The van der Waals surface area contributed by atoms with Gasteiger partial charge in [-0.2, -0.15) is 0 Å². The molecule has 0 unspecified atom stereocenters. The molecule has 1 aromatic rings. The maximum Gasteiger partial charge on any atom is 0.0587 e. The minimum Gasteiger partial charge on any atom is -0.393 e. The van der Waals surface area contributed by atoms with Gasteiger partial charge < -0.3 is 5.21 Å². The van der Waals surface area contributed by atoms with E-state index >= 15 is 0 Å². The summed E-state index contributed by atoms with van der Waals surface area (Å²) in [5.74, 6) is 0. The molecule has 0 aliphatic rings. The number of benzene rings is 1. The highest BCUT2D eigenvalue weighted by molar-refractivity contribution is 5.79. The Kier molecular flexibility index (Phi) is 2.80. The van der Waals surface area contributed by atoms with E-state index in [-0.39, 0.29) is 0 Å². The van der Waals surface area contributed by atoms with Crippen LogP contribution in [0.2, 0.25) is 0 Å². The number of hydrogen-bond acceptors (Lipinski definition) is 2. The Labute approximate surface area is 63.9 Å². The lowest BCUT2D eigenvalue weighted by Gasteiger charge is -1.85. The van der Waals surface area contributed by atoms with Crippen molar-refractivity contribution in [3.63, 3.8) is 0 Å². The van der Waals surface area contributed by atoms with Crippen LogP contribution in [0, 0.1) is 0 Å². The van der Waals surface area contributed by atoms with Crippen LogP contribution in [0.25, 0.3) is 0 Å². The highest BCUT2D eigenvalue weighted by Gasteiger charge is 1.80. The minimum atomic E-state index is 0.917. The molecule has 0 saturated carbocycles. The zero-order chi connectivity index (χ0) is 7.94. The third-order valence-corrected chi connectivity index (χ3v) is 1.10. The van der Waals surface area contributed by atoms with Crippen LogP contribution in [0.4, 0.5) is 0 Å². The number of rotatable bonds is 2. The predicted molar refractivity (Wildman–Crippen MR) is 40.7 cm³/mol. The van der Waals surface area contributed by atoms with Crippen molar-refractivity contribution in [1.29, 1.82) is 0 Å². The molecule has 0 fully saturated rings. The molecular weight excluding hydrogens is 142 g/mol. The largest absolute Gasteiger partial charge is 0.393 e. The monoisotopic (exact) mass is 149 g/mol. The lowest BCUT2D eigenvalue weighted by Crippen LogP contribution is -1.76. The molecule has 1 aromatic carbocycles. The van der Waals surface area contributed by atoms with E-state index in [1.165, 1.54) is 6.21 Å². The molecule has 0 aromatic heterocycles. The van der Waals surface area contributed by atoms with Crippen LogP contribution in [0.5, 0.6) is 0 Å². The fraction of sp³-hybridized carbons (Fsp3) is 0. The highest BCUT2D eigenvalue weighted by Crippen LogP contribution is 1.93. The number of nitrogens with zero attached hydrogens (tertiary/aromatic N) is 3. The minimum absolute atomic E-state index is 0.917. The Morgan fingerprint density at radius 2 is 1.91 bits per heavy atom. The Morgan fingerprint density at radius 3 is 2.55 bits per heavy atom. The average molecular weight is 149 g/mol. The molecule has 0 aliphatic heterocycles. The second-order valence-electron chi connectivity index (χ2n) is 1.83. The topological polar surface area (TPSA) is 57.3 Å². The molecule has 0 heterocycles. The first-order valence-electron chi connectivity index (χ1n) is 3.06. The van der Waals surface area contributed by atoms with Crippen molar-refractivity contribution in [3.05, 3.63) is 35.9 Å². The predicted octanol–water partition coefficient (Wildman–Crippen LogP) is 1.86. The van der Waals surface area contributed by atoms with E-state index in [0.717, 1.165) is 5.56 Å². The lowest BCUT2D eigenvalue weighted by molar-refractivity contribution is 0.282. The highest BCUT2D eigenvalue weighted by atomic mass is 16.5. The molecule has 0 spiro atoms. The SMILES string of the molecule is O/N=N\N=C\c1ccccc1. The van der Waals surface area contributed by atoms with Gasteiger partial charge in [-0.1, -0.05) is 30.3 Å². The van der Waals surface area contributed by atoms with Gasteiger partial charge >= 0.3 is 0 Å². The lowest BCUT2D eigenvalue weighted by atomic mass is 10.2. The Bertz CT molecular complexity index is 256.